The van der Waals surface area contributed by atoms with Crippen LogP contribution >= 0.6 is 0 Å². The van der Waals surface area contributed by atoms with Crippen molar-refractivity contribution in [1.82, 2.24) is 10.3 Å². The summed E-state index contributed by atoms with van der Waals surface area (Å²) in [5.74, 6) is 2.00. The number of nitrogens with one attached hydrogen (secondary N) is 1. The van der Waals surface area contributed by atoms with E-state index in [4.69, 9.17) is 9.47 Å². The zero-order valence-corrected chi connectivity index (χ0v) is 14.2. The number of piperidine rings is 1. The fourth-order valence-electron chi connectivity index (χ4n) is 2.89. The highest BCUT2D eigenvalue weighted by Gasteiger charge is 2.19. The molecule has 0 unspecified atom stereocenters. The van der Waals surface area contributed by atoms with Crippen molar-refractivity contribution >= 4 is 17.7 Å². The van der Waals surface area contributed by atoms with E-state index in [1.54, 1.807) is 12.3 Å². The first-order chi connectivity index (χ1) is 12.8. The van der Waals surface area contributed by atoms with Crippen LogP contribution in [0.5, 0.6) is 17.4 Å². The second-order valence-electron chi connectivity index (χ2n) is 6.22. The van der Waals surface area contributed by atoms with E-state index in [1.807, 2.05) is 42.6 Å². The maximum atomic E-state index is 11.2. The van der Waals surface area contributed by atoms with E-state index in [0.717, 1.165) is 17.9 Å². The standard InChI is InChI=1S/C20H19N3O3/c24-19-7-5-18(12-22-19)26-20-8-6-17(13-23-20)25-16-3-1-14(2-4-16)15-9-10-21-11-15/h1-4,6,8-10,13,18H,5,7,11-12H2,(H,22,24)/t18-/m1/s1. The molecule has 1 aromatic carbocycles. The molecule has 1 fully saturated rings. The first-order valence-corrected chi connectivity index (χ1v) is 8.63. The summed E-state index contributed by atoms with van der Waals surface area (Å²) in [7, 11) is 0. The lowest BCUT2D eigenvalue weighted by Crippen LogP contribution is -2.40. The van der Waals surface area contributed by atoms with Crippen molar-refractivity contribution < 1.29 is 14.3 Å². The third-order valence-electron chi connectivity index (χ3n) is 4.32. The molecule has 2 aliphatic heterocycles. The Bertz CT molecular complexity index is 832. The number of allylic oxidation sites excluding steroid dienone is 1. The second kappa shape index (κ2) is 7.39. The van der Waals surface area contributed by atoms with Crippen LogP contribution in [0.1, 0.15) is 18.4 Å². The van der Waals surface area contributed by atoms with Gasteiger partial charge in [0.2, 0.25) is 11.8 Å². The number of hydrogen-bond donors (Lipinski definition) is 1. The van der Waals surface area contributed by atoms with Crippen molar-refractivity contribution in [2.75, 3.05) is 13.1 Å². The van der Waals surface area contributed by atoms with Crippen LogP contribution in [-0.2, 0) is 4.79 Å². The Kier molecular flexibility index (Phi) is 4.64. The number of carbonyl (C=O) groups is 1. The van der Waals surface area contributed by atoms with E-state index in [2.05, 4.69) is 15.3 Å². The van der Waals surface area contributed by atoms with E-state index in [-0.39, 0.29) is 12.0 Å². The highest BCUT2D eigenvalue weighted by molar-refractivity contribution is 5.89. The van der Waals surface area contributed by atoms with Crippen molar-refractivity contribution in [3.63, 3.8) is 0 Å². The van der Waals surface area contributed by atoms with Crippen molar-refractivity contribution in [3.8, 4) is 17.4 Å². The summed E-state index contributed by atoms with van der Waals surface area (Å²) >= 11 is 0. The largest absolute Gasteiger partial charge is 0.472 e. The van der Waals surface area contributed by atoms with Gasteiger partial charge in [0.15, 0.2) is 0 Å². The molecule has 26 heavy (non-hydrogen) atoms. The molecule has 6 nitrogen and oxygen atoms in total. The van der Waals surface area contributed by atoms with Gasteiger partial charge < -0.3 is 14.8 Å². The molecule has 1 atom stereocenters. The smallest absolute Gasteiger partial charge is 0.220 e. The molecule has 0 saturated carbocycles. The molecule has 0 bridgehead atoms. The molecular weight excluding hydrogens is 330 g/mol. The van der Waals surface area contributed by atoms with Gasteiger partial charge in [-0.1, -0.05) is 12.1 Å². The fourth-order valence-corrected chi connectivity index (χ4v) is 2.89. The Morgan fingerprint density at radius 1 is 1.08 bits per heavy atom. The van der Waals surface area contributed by atoms with Gasteiger partial charge >= 0.3 is 0 Å². The number of rotatable bonds is 5. The molecule has 2 aliphatic rings. The Morgan fingerprint density at radius 2 is 1.92 bits per heavy atom. The van der Waals surface area contributed by atoms with Crippen LogP contribution in [0.4, 0.5) is 0 Å². The number of hydrogen-bond acceptors (Lipinski definition) is 5. The van der Waals surface area contributed by atoms with E-state index in [0.29, 0.717) is 31.0 Å². The average Bonchev–Trinajstić information content (AvgIpc) is 3.21. The van der Waals surface area contributed by atoms with Gasteiger partial charge in [-0.3, -0.25) is 9.79 Å². The van der Waals surface area contributed by atoms with Gasteiger partial charge in [-0.15, -0.1) is 0 Å². The average molecular weight is 349 g/mol. The number of carbonyl (C=O) groups excluding carboxylic acids is 1. The first-order valence-electron chi connectivity index (χ1n) is 8.63. The van der Waals surface area contributed by atoms with Crippen LogP contribution < -0.4 is 14.8 Å². The number of nitrogens with zero attached hydrogens (tertiary/aromatic N) is 2. The molecule has 1 amide bonds. The molecule has 2 aromatic rings. The highest BCUT2D eigenvalue weighted by atomic mass is 16.5. The zero-order valence-electron chi connectivity index (χ0n) is 14.2. The predicted molar refractivity (Wildman–Crippen MR) is 98.7 cm³/mol. The second-order valence-corrected chi connectivity index (χ2v) is 6.22. The van der Waals surface area contributed by atoms with Crippen LogP contribution in [0.25, 0.3) is 5.57 Å². The molecule has 0 spiro atoms. The van der Waals surface area contributed by atoms with Crippen molar-refractivity contribution in [1.29, 1.82) is 0 Å². The molecule has 0 radical (unpaired) electrons. The van der Waals surface area contributed by atoms with Gasteiger partial charge in [-0.25, -0.2) is 4.98 Å². The molecule has 3 heterocycles. The Labute approximate surface area is 151 Å². The molecule has 132 valence electrons. The van der Waals surface area contributed by atoms with Gasteiger partial charge in [-0.05, 0) is 41.8 Å². The molecule has 6 heteroatoms. The molecule has 0 aliphatic carbocycles. The van der Waals surface area contributed by atoms with Crippen LogP contribution in [0, 0.1) is 0 Å². The predicted octanol–water partition coefficient (Wildman–Crippen LogP) is 3.00. The molecule has 4 rings (SSSR count). The van der Waals surface area contributed by atoms with Crippen LogP contribution in [0.2, 0.25) is 0 Å². The number of aromatic nitrogens is 1. The lowest BCUT2D eigenvalue weighted by molar-refractivity contribution is -0.123. The van der Waals surface area contributed by atoms with Crippen LogP contribution in [0.15, 0.2) is 53.7 Å². The van der Waals surface area contributed by atoms with E-state index >= 15 is 0 Å². The normalized spacial score (nSPS) is 19.0. The third-order valence-corrected chi connectivity index (χ3v) is 4.32. The lowest BCUT2D eigenvalue weighted by Gasteiger charge is -2.22. The Morgan fingerprint density at radius 3 is 2.58 bits per heavy atom. The SMILES string of the molecule is O=C1CC[C@@H](Oc2ccc(Oc3ccc(C4=CC=NC4)cc3)cn2)CN1. The maximum absolute atomic E-state index is 11.2. The van der Waals surface area contributed by atoms with Crippen molar-refractivity contribution in [2.24, 2.45) is 4.99 Å². The fraction of sp³-hybridized carbons (Fsp3) is 0.250. The van der Waals surface area contributed by atoms with E-state index < -0.39 is 0 Å². The maximum Gasteiger partial charge on any atom is 0.220 e. The van der Waals surface area contributed by atoms with Crippen molar-refractivity contribution in [2.45, 2.75) is 18.9 Å². The summed E-state index contributed by atoms with van der Waals surface area (Å²) in [4.78, 5) is 19.6. The van der Waals surface area contributed by atoms with Crippen molar-refractivity contribution in [3.05, 3.63) is 54.2 Å². The lowest BCUT2D eigenvalue weighted by atomic mass is 10.1. The quantitative estimate of drug-likeness (QED) is 0.901. The van der Waals surface area contributed by atoms with E-state index in [1.165, 1.54) is 5.57 Å². The third kappa shape index (κ3) is 3.91. The van der Waals surface area contributed by atoms with Gasteiger partial charge in [0, 0.05) is 18.7 Å². The number of ether oxygens (including phenoxy) is 2. The summed E-state index contributed by atoms with van der Waals surface area (Å²) in [5.41, 5.74) is 2.36. The Hall–Kier alpha value is -3.15. The summed E-state index contributed by atoms with van der Waals surface area (Å²) in [6.45, 7) is 1.25. The first kappa shape index (κ1) is 16.3. The number of amides is 1. The zero-order chi connectivity index (χ0) is 17.8. The summed E-state index contributed by atoms with van der Waals surface area (Å²) < 4.78 is 11.6. The summed E-state index contributed by atoms with van der Waals surface area (Å²) in [6, 6.07) is 11.5. The molecule has 1 N–H and O–H groups in total. The minimum absolute atomic E-state index is 0.0339. The van der Waals surface area contributed by atoms with Crippen LogP contribution in [-0.4, -0.2) is 36.3 Å². The summed E-state index contributed by atoms with van der Waals surface area (Å²) in [5, 5.41) is 2.79. The molecule has 1 saturated heterocycles. The molecular formula is C20H19N3O3. The minimum Gasteiger partial charge on any atom is -0.472 e. The number of aliphatic imine (C=N–C) groups is 1. The summed E-state index contributed by atoms with van der Waals surface area (Å²) in [6.07, 6.45) is 6.66. The monoisotopic (exact) mass is 349 g/mol. The van der Waals surface area contributed by atoms with Gasteiger partial charge in [0.1, 0.15) is 17.6 Å². The van der Waals surface area contributed by atoms with Gasteiger partial charge in [0.25, 0.3) is 0 Å². The van der Waals surface area contributed by atoms with Gasteiger partial charge in [-0.2, -0.15) is 0 Å². The molecule has 1 aromatic heterocycles. The Balaban J connectivity index is 1.34. The highest BCUT2D eigenvalue weighted by Crippen LogP contribution is 2.25. The minimum atomic E-state index is -0.0339. The number of pyridine rings is 1. The topological polar surface area (TPSA) is 72.8 Å². The van der Waals surface area contributed by atoms with E-state index in [9.17, 15) is 4.79 Å². The number of benzene rings is 1. The van der Waals surface area contributed by atoms with Gasteiger partial charge in [0.05, 0.1) is 19.3 Å². The van der Waals surface area contributed by atoms with Crippen LogP contribution in [0.3, 0.4) is 0 Å².